The van der Waals surface area contributed by atoms with E-state index in [4.69, 9.17) is 24.4 Å². The van der Waals surface area contributed by atoms with E-state index in [0.717, 1.165) is 43.0 Å². The Morgan fingerprint density at radius 3 is 2.60 bits per heavy atom. The molecule has 1 atom stereocenters. The Balaban J connectivity index is 0.000000396. The number of hydrogen-bond donors (Lipinski definition) is 1. The van der Waals surface area contributed by atoms with Crippen molar-refractivity contribution in [1.82, 2.24) is 9.88 Å². The highest BCUT2D eigenvalue weighted by Gasteiger charge is 2.38. The van der Waals surface area contributed by atoms with E-state index in [1.54, 1.807) is 7.11 Å². The molecule has 1 amide bonds. The van der Waals surface area contributed by atoms with E-state index in [1.165, 1.54) is 0 Å². The van der Waals surface area contributed by atoms with E-state index in [2.05, 4.69) is 11.0 Å². The molecular formula is C19H26F3N3O5. The van der Waals surface area contributed by atoms with Gasteiger partial charge in [-0.2, -0.15) is 13.2 Å². The zero-order valence-electron chi connectivity index (χ0n) is 16.9. The molecule has 30 heavy (non-hydrogen) atoms. The third-order valence-corrected chi connectivity index (χ3v) is 4.72. The molecule has 1 N–H and O–H groups in total. The predicted molar refractivity (Wildman–Crippen MR) is 101 cm³/mol. The normalized spacial score (nSPS) is 18.9. The van der Waals surface area contributed by atoms with Gasteiger partial charge in [-0.05, 0) is 25.8 Å². The number of hydrogen-bond acceptors (Lipinski definition) is 6. The van der Waals surface area contributed by atoms with Crippen molar-refractivity contribution in [2.45, 2.75) is 38.6 Å². The number of rotatable bonds is 4. The van der Waals surface area contributed by atoms with E-state index in [1.807, 2.05) is 17.9 Å². The van der Waals surface area contributed by atoms with Crippen LogP contribution in [-0.2, 0) is 25.6 Å². The highest BCUT2D eigenvalue weighted by molar-refractivity contribution is 5.81. The lowest BCUT2D eigenvalue weighted by Crippen LogP contribution is -2.41. The van der Waals surface area contributed by atoms with Gasteiger partial charge in [-0.15, -0.1) is 0 Å². The number of pyridine rings is 1. The SMILES string of the molecule is COCCN1CCN(C(=O)[C@H]2CCCO2)Cc2ccc(C)nc21.O=C(O)C(F)(F)F. The number of carbonyl (C=O) groups is 2. The first-order valence-corrected chi connectivity index (χ1v) is 9.54. The van der Waals surface area contributed by atoms with Gasteiger partial charge in [-0.1, -0.05) is 6.07 Å². The topological polar surface area (TPSA) is 92.2 Å². The summed E-state index contributed by atoms with van der Waals surface area (Å²) in [4.78, 5) is 30.4. The van der Waals surface area contributed by atoms with Crippen molar-refractivity contribution in [2.24, 2.45) is 0 Å². The largest absolute Gasteiger partial charge is 0.490 e. The highest BCUT2D eigenvalue weighted by Crippen LogP contribution is 2.25. The smallest absolute Gasteiger partial charge is 0.475 e. The Labute approximate surface area is 172 Å². The molecule has 1 aromatic rings. The zero-order valence-corrected chi connectivity index (χ0v) is 16.9. The molecule has 0 aliphatic carbocycles. The van der Waals surface area contributed by atoms with Crippen LogP contribution in [0.25, 0.3) is 0 Å². The minimum Gasteiger partial charge on any atom is -0.475 e. The molecule has 0 radical (unpaired) electrons. The summed E-state index contributed by atoms with van der Waals surface area (Å²) in [5.41, 5.74) is 2.08. The molecule has 3 rings (SSSR count). The number of aliphatic carboxylic acids is 1. The molecule has 168 valence electrons. The van der Waals surface area contributed by atoms with Crippen LogP contribution in [0.5, 0.6) is 0 Å². The molecule has 0 unspecified atom stereocenters. The minimum absolute atomic E-state index is 0.114. The van der Waals surface area contributed by atoms with Gasteiger partial charge in [0.05, 0.1) is 6.61 Å². The van der Waals surface area contributed by atoms with Crippen molar-refractivity contribution in [1.29, 1.82) is 0 Å². The first-order chi connectivity index (χ1) is 14.1. The second-order valence-electron chi connectivity index (χ2n) is 6.98. The Kier molecular flexibility index (Phi) is 8.42. The third kappa shape index (κ3) is 6.56. The Morgan fingerprint density at radius 2 is 2.03 bits per heavy atom. The average molecular weight is 433 g/mol. The van der Waals surface area contributed by atoms with Gasteiger partial charge >= 0.3 is 12.1 Å². The number of methoxy groups -OCH3 is 1. The summed E-state index contributed by atoms with van der Waals surface area (Å²) >= 11 is 0. The first kappa shape index (κ1) is 23.9. The van der Waals surface area contributed by atoms with Crippen molar-refractivity contribution in [3.05, 3.63) is 23.4 Å². The van der Waals surface area contributed by atoms with E-state index < -0.39 is 12.1 Å². The number of aromatic nitrogens is 1. The van der Waals surface area contributed by atoms with Gasteiger partial charge in [-0.25, -0.2) is 9.78 Å². The lowest BCUT2D eigenvalue weighted by Gasteiger charge is -2.25. The van der Waals surface area contributed by atoms with Crippen LogP contribution in [0.4, 0.5) is 19.0 Å². The average Bonchev–Trinajstić information content (AvgIpc) is 3.16. The third-order valence-electron chi connectivity index (χ3n) is 4.72. The molecule has 0 saturated carbocycles. The van der Waals surface area contributed by atoms with E-state index in [0.29, 0.717) is 26.3 Å². The zero-order chi connectivity index (χ0) is 22.3. The molecule has 3 heterocycles. The van der Waals surface area contributed by atoms with E-state index >= 15 is 0 Å². The van der Waals surface area contributed by atoms with Gasteiger partial charge in [0.25, 0.3) is 5.91 Å². The summed E-state index contributed by atoms with van der Waals surface area (Å²) in [5.74, 6) is -1.67. The molecule has 0 aromatic carbocycles. The molecule has 2 aliphatic rings. The molecule has 2 aliphatic heterocycles. The Morgan fingerprint density at radius 1 is 1.33 bits per heavy atom. The van der Waals surface area contributed by atoms with Crippen LogP contribution >= 0.6 is 0 Å². The van der Waals surface area contributed by atoms with Gasteiger partial charge in [0, 0.05) is 51.2 Å². The summed E-state index contributed by atoms with van der Waals surface area (Å²) < 4.78 is 42.5. The van der Waals surface area contributed by atoms with Crippen LogP contribution in [0.1, 0.15) is 24.1 Å². The van der Waals surface area contributed by atoms with Crippen LogP contribution < -0.4 is 4.90 Å². The number of halogens is 3. The summed E-state index contributed by atoms with van der Waals surface area (Å²) in [6, 6.07) is 4.09. The standard InChI is InChI=1S/C17H25N3O3.C2HF3O2/c1-13-5-6-14-12-20(17(21)15-4-3-10-23-15)8-7-19(9-11-22-2)16(14)18-13;3-2(4,5)1(6)7/h5-6,15H,3-4,7-12H2,1-2H3;(H,6,7)/t15-;/m1./s1. The number of carboxylic acids is 1. The van der Waals surface area contributed by atoms with E-state index in [9.17, 15) is 18.0 Å². The Bertz CT molecular complexity index is 739. The van der Waals surface area contributed by atoms with Gasteiger partial charge in [0.15, 0.2) is 0 Å². The number of amides is 1. The lowest BCUT2D eigenvalue weighted by molar-refractivity contribution is -0.192. The molecule has 1 saturated heterocycles. The number of ether oxygens (including phenoxy) is 2. The lowest BCUT2D eigenvalue weighted by atomic mass is 10.2. The maximum absolute atomic E-state index is 12.7. The van der Waals surface area contributed by atoms with Crippen molar-refractivity contribution in [3.63, 3.8) is 0 Å². The second-order valence-corrected chi connectivity index (χ2v) is 6.98. The number of carboxylic acid groups (broad SMARTS) is 1. The molecule has 0 bridgehead atoms. The Hall–Kier alpha value is -2.40. The van der Waals surface area contributed by atoms with Gasteiger partial charge in [-0.3, -0.25) is 4.79 Å². The van der Waals surface area contributed by atoms with Crippen molar-refractivity contribution in [3.8, 4) is 0 Å². The summed E-state index contributed by atoms with van der Waals surface area (Å²) in [6.07, 6.45) is -3.54. The summed E-state index contributed by atoms with van der Waals surface area (Å²) in [7, 11) is 1.70. The fourth-order valence-corrected chi connectivity index (χ4v) is 3.18. The maximum atomic E-state index is 12.7. The van der Waals surface area contributed by atoms with Crippen LogP contribution in [0.2, 0.25) is 0 Å². The van der Waals surface area contributed by atoms with Gasteiger partial charge < -0.3 is 24.4 Å². The molecule has 1 fully saturated rings. The van der Waals surface area contributed by atoms with Crippen molar-refractivity contribution < 1.29 is 37.3 Å². The number of aryl methyl sites for hydroxylation is 1. The molecule has 0 spiro atoms. The molecular weight excluding hydrogens is 407 g/mol. The van der Waals surface area contributed by atoms with Crippen LogP contribution in [0, 0.1) is 6.92 Å². The summed E-state index contributed by atoms with van der Waals surface area (Å²) in [6.45, 7) is 6.18. The first-order valence-electron chi connectivity index (χ1n) is 9.54. The monoisotopic (exact) mass is 433 g/mol. The number of fused-ring (bicyclic) bond motifs is 1. The molecule has 8 nitrogen and oxygen atoms in total. The van der Waals surface area contributed by atoms with Crippen LogP contribution in [0.3, 0.4) is 0 Å². The molecule has 11 heteroatoms. The number of carbonyl (C=O) groups excluding carboxylic acids is 1. The predicted octanol–water partition coefficient (Wildman–Crippen LogP) is 2.00. The van der Waals surface area contributed by atoms with Crippen molar-refractivity contribution in [2.75, 3.05) is 44.9 Å². The number of anilines is 1. The number of nitrogens with zero attached hydrogens (tertiary/aromatic N) is 3. The maximum Gasteiger partial charge on any atom is 0.490 e. The quantitative estimate of drug-likeness (QED) is 0.777. The number of alkyl halides is 3. The van der Waals surface area contributed by atoms with E-state index in [-0.39, 0.29) is 12.0 Å². The van der Waals surface area contributed by atoms with Crippen LogP contribution in [-0.4, -0.2) is 79.1 Å². The highest BCUT2D eigenvalue weighted by atomic mass is 19.4. The van der Waals surface area contributed by atoms with Crippen molar-refractivity contribution >= 4 is 17.7 Å². The van der Waals surface area contributed by atoms with Gasteiger partial charge in [0.2, 0.25) is 0 Å². The van der Waals surface area contributed by atoms with Crippen LogP contribution in [0.15, 0.2) is 12.1 Å². The fourth-order valence-electron chi connectivity index (χ4n) is 3.18. The molecule has 1 aromatic heterocycles. The fraction of sp³-hybridized carbons (Fsp3) is 0.632. The van der Waals surface area contributed by atoms with Gasteiger partial charge in [0.1, 0.15) is 11.9 Å². The minimum atomic E-state index is -5.08. The summed E-state index contributed by atoms with van der Waals surface area (Å²) in [5, 5.41) is 7.12. The second kappa shape index (κ2) is 10.6.